The van der Waals surface area contributed by atoms with Crippen molar-refractivity contribution in [2.45, 2.75) is 26.4 Å². The summed E-state index contributed by atoms with van der Waals surface area (Å²) in [7, 11) is 0. The third-order valence-electron chi connectivity index (χ3n) is 6.69. The Balaban J connectivity index is 1.44. The van der Waals surface area contributed by atoms with Crippen LogP contribution in [0, 0.1) is 18.3 Å². The lowest BCUT2D eigenvalue weighted by Crippen LogP contribution is -2.21. The van der Waals surface area contributed by atoms with Gasteiger partial charge < -0.3 is 24.7 Å². The fourth-order valence-electron chi connectivity index (χ4n) is 4.58. The van der Waals surface area contributed by atoms with E-state index in [9.17, 15) is 10.1 Å². The highest BCUT2D eigenvalue weighted by molar-refractivity contribution is 6.35. The zero-order chi connectivity index (χ0) is 29.8. The molecule has 212 valence electrons. The van der Waals surface area contributed by atoms with E-state index in [-0.39, 0.29) is 23.8 Å². The highest BCUT2D eigenvalue weighted by Gasteiger charge is 2.32. The summed E-state index contributed by atoms with van der Waals surface area (Å²) in [6.45, 7) is 4.41. The third kappa shape index (κ3) is 6.15. The molecular weight excluding hydrogens is 575 g/mol. The maximum atomic E-state index is 12.7. The van der Waals surface area contributed by atoms with Crippen LogP contribution in [0.15, 0.2) is 90.3 Å². The summed E-state index contributed by atoms with van der Waals surface area (Å²) < 4.78 is 23.3. The Morgan fingerprint density at radius 3 is 2.48 bits per heavy atom. The Hall–Kier alpha value is -4.64. The Kier molecular flexibility index (Phi) is 8.58. The number of nitrogens with zero attached hydrogens (tertiary/aromatic N) is 1. The van der Waals surface area contributed by atoms with Crippen molar-refractivity contribution in [1.82, 2.24) is 0 Å². The predicted molar refractivity (Wildman–Crippen MR) is 160 cm³/mol. The van der Waals surface area contributed by atoms with Crippen LogP contribution in [0.1, 0.15) is 45.5 Å². The second kappa shape index (κ2) is 12.5. The SMILES string of the molecule is CCOc1cc(C2C(C#N)=C(N)Oc3cc(OC(=O)c4ccc(C)cc4)ccc32)ccc1OCc1ccc(Cl)cc1Cl. The summed E-state index contributed by atoms with van der Waals surface area (Å²) in [6.07, 6.45) is 0. The van der Waals surface area contributed by atoms with Crippen molar-refractivity contribution >= 4 is 29.2 Å². The molecule has 0 aliphatic carbocycles. The van der Waals surface area contributed by atoms with Crippen LogP contribution in [0.3, 0.4) is 0 Å². The van der Waals surface area contributed by atoms with Crippen molar-refractivity contribution in [3.05, 3.63) is 128 Å². The zero-order valence-electron chi connectivity index (χ0n) is 22.8. The molecule has 7 nitrogen and oxygen atoms in total. The highest BCUT2D eigenvalue weighted by Crippen LogP contribution is 2.45. The summed E-state index contributed by atoms with van der Waals surface area (Å²) in [5, 5.41) is 11.0. The number of carbonyl (C=O) groups is 1. The molecule has 0 saturated heterocycles. The van der Waals surface area contributed by atoms with Gasteiger partial charge in [-0.1, -0.05) is 59.1 Å². The number of carbonyl (C=O) groups excluding carboxylic acids is 1. The van der Waals surface area contributed by atoms with Crippen LogP contribution in [0.2, 0.25) is 10.0 Å². The first-order valence-corrected chi connectivity index (χ1v) is 13.9. The molecule has 42 heavy (non-hydrogen) atoms. The van der Waals surface area contributed by atoms with Crippen molar-refractivity contribution < 1.29 is 23.7 Å². The van der Waals surface area contributed by atoms with Gasteiger partial charge in [-0.2, -0.15) is 5.26 Å². The molecule has 2 N–H and O–H groups in total. The maximum Gasteiger partial charge on any atom is 0.343 e. The Morgan fingerprint density at radius 2 is 1.76 bits per heavy atom. The minimum atomic E-state index is -0.556. The van der Waals surface area contributed by atoms with Crippen LogP contribution < -0.4 is 24.7 Å². The van der Waals surface area contributed by atoms with Gasteiger partial charge in [0.25, 0.3) is 0 Å². The van der Waals surface area contributed by atoms with Crippen LogP contribution in [0.25, 0.3) is 0 Å². The summed E-state index contributed by atoms with van der Waals surface area (Å²) in [5.41, 5.74) is 10.1. The van der Waals surface area contributed by atoms with E-state index in [1.54, 1.807) is 54.6 Å². The molecule has 0 spiro atoms. The Morgan fingerprint density at radius 1 is 0.976 bits per heavy atom. The number of ether oxygens (including phenoxy) is 4. The molecule has 0 aromatic heterocycles. The van der Waals surface area contributed by atoms with Gasteiger partial charge in [-0.25, -0.2) is 4.79 Å². The Bertz CT molecular complexity index is 1730. The van der Waals surface area contributed by atoms with Gasteiger partial charge in [0.15, 0.2) is 11.5 Å². The van der Waals surface area contributed by atoms with E-state index < -0.39 is 11.9 Å². The van der Waals surface area contributed by atoms with Gasteiger partial charge in [0.05, 0.1) is 18.1 Å². The largest absolute Gasteiger partial charge is 0.490 e. The number of rotatable bonds is 8. The molecule has 1 unspecified atom stereocenters. The Labute approximate surface area is 253 Å². The smallest absolute Gasteiger partial charge is 0.343 e. The quantitative estimate of drug-likeness (QED) is 0.163. The highest BCUT2D eigenvalue weighted by atomic mass is 35.5. The summed E-state index contributed by atoms with van der Waals surface area (Å²) >= 11 is 12.3. The molecule has 5 rings (SSSR count). The second-order valence-corrected chi connectivity index (χ2v) is 10.4. The number of esters is 1. The monoisotopic (exact) mass is 600 g/mol. The molecule has 0 amide bonds. The first-order valence-electron chi connectivity index (χ1n) is 13.1. The first kappa shape index (κ1) is 28.9. The van der Waals surface area contributed by atoms with Crippen molar-refractivity contribution in [1.29, 1.82) is 5.26 Å². The standard InChI is InChI=1S/C33H26Cl2N2O5/c1-3-39-30-14-21(9-13-28(30)40-18-22-8-10-23(34)15-27(22)35)31-25-12-11-24(16-29(25)42-32(37)26(31)17-36)41-33(38)20-6-4-19(2)5-7-20/h4-16,31H,3,18,37H2,1-2H3. The lowest BCUT2D eigenvalue weighted by molar-refractivity contribution is 0.0734. The molecule has 0 fully saturated rings. The minimum absolute atomic E-state index is 0.0346. The van der Waals surface area contributed by atoms with E-state index in [4.69, 9.17) is 47.9 Å². The molecule has 1 aliphatic rings. The van der Waals surface area contributed by atoms with Crippen LogP contribution in [0.5, 0.6) is 23.0 Å². The zero-order valence-corrected chi connectivity index (χ0v) is 24.3. The molecule has 1 atom stereocenters. The van der Waals surface area contributed by atoms with Crippen LogP contribution >= 0.6 is 23.2 Å². The lowest BCUT2D eigenvalue weighted by Gasteiger charge is -2.27. The molecule has 0 bridgehead atoms. The molecule has 9 heteroatoms. The number of allylic oxidation sites excluding steroid dienone is 1. The second-order valence-electron chi connectivity index (χ2n) is 9.54. The molecule has 4 aromatic carbocycles. The number of hydrogen-bond acceptors (Lipinski definition) is 7. The molecule has 1 aliphatic heterocycles. The van der Waals surface area contributed by atoms with Gasteiger partial charge in [-0.15, -0.1) is 0 Å². The van der Waals surface area contributed by atoms with E-state index in [1.165, 1.54) is 0 Å². The van der Waals surface area contributed by atoms with E-state index >= 15 is 0 Å². The summed E-state index contributed by atoms with van der Waals surface area (Å²) in [5.74, 6) is 0.570. The van der Waals surface area contributed by atoms with Gasteiger partial charge in [0.1, 0.15) is 29.7 Å². The number of hydrogen-bond donors (Lipinski definition) is 1. The molecule has 0 radical (unpaired) electrons. The number of nitriles is 1. The van der Waals surface area contributed by atoms with Crippen molar-refractivity contribution in [3.8, 4) is 29.1 Å². The number of nitrogens with two attached hydrogens (primary N) is 1. The van der Waals surface area contributed by atoms with Gasteiger partial charge in [0, 0.05) is 27.2 Å². The molecule has 4 aromatic rings. The summed E-state index contributed by atoms with van der Waals surface area (Å²) in [6, 6.07) is 24.9. The van der Waals surface area contributed by atoms with E-state index in [0.717, 1.165) is 16.7 Å². The number of fused-ring (bicyclic) bond motifs is 1. The molecule has 1 heterocycles. The van der Waals surface area contributed by atoms with E-state index in [1.807, 2.05) is 38.1 Å². The van der Waals surface area contributed by atoms with Gasteiger partial charge >= 0.3 is 5.97 Å². The first-order chi connectivity index (χ1) is 20.3. The van der Waals surface area contributed by atoms with Crippen molar-refractivity contribution in [2.24, 2.45) is 5.73 Å². The molecule has 0 saturated carbocycles. The number of aryl methyl sites for hydroxylation is 1. The van der Waals surface area contributed by atoms with Gasteiger partial charge in [0.2, 0.25) is 5.88 Å². The lowest BCUT2D eigenvalue weighted by atomic mass is 9.83. The maximum absolute atomic E-state index is 12.7. The fourth-order valence-corrected chi connectivity index (χ4v) is 5.05. The van der Waals surface area contributed by atoms with Gasteiger partial charge in [-0.3, -0.25) is 0 Å². The van der Waals surface area contributed by atoms with Gasteiger partial charge in [-0.05, 0) is 61.9 Å². The normalized spacial score (nSPS) is 13.9. The van der Waals surface area contributed by atoms with Crippen molar-refractivity contribution in [3.63, 3.8) is 0 Å². The average Bonchev–Trinajstić information content (AvgIpc) is 2.97. The average molecular weight is 601 g/mol. The number of halogens is 2. The minimum Gasteiger partial charge on any atom is -0.490 e. The van der Waals surface area contributed by atoms with E-state index in [0.29, 0.717) is 45.0 Å². The third-order valence-corrected chi connectivity index (χ3v) is 7.27. The van der Waals surface area contributed by atoms with Crippen LogP contribution in [0.4, 0.5) is 0 Å². The van der Waals surface area contributed by atoms with Crippen LogP contribution in [-0.2, 0) is 6.61 Å². The van der Waals surface area contributed by atoms with Crippen LogP contribution in [-0.4, -0.2) is 12.6 Å². The molecular formula is C33H26Cl2N2O5. The summed E-state index contributed by atoms with van der Waals surface area (Å²) in [4.78, 5) is 12.7. The topological polar surface area (TPSA) is 104 Å². The van der Waals surface area contributed by atoms with E-state index in [2.05, 4.69) is 6.07 Å². The fraction of sp³-hybridized carbons (Fsp3) is 0.152. The van der Waals surface area contributed by atoms with Crippen molar-refractivity contribution in [2.75, 3.05) is 6.61 Å². The predicted octanol–water partition coefficient (Wildman–Crippen LogP) is 7.72. The number of benzene rings is 4.